The molecular formula is C14H14N4O3S2. The van der Waals surface area contributed by atoms with Gasteiger partial charge in [-0.3, -0.25) is 9.20 Å². The number of pyridine rings is 1. The van der Waals surface area contributed by atoms with Gasteiger partial charge in [0.15, 0.2) is 5.69 Å². The molecule has 0 unspecified atom stereocenters. The Morgan fingerprint density at radius 1 is 1.39 bits per heavy atom. The van der Waals surface area contributed by atoms with Crippen LogP contribution in [0.3, 0.4) is 0 Å². The van der Waals surface area contributed by atoms with Crippen LogP contribution in [0.5, 0.6) is 0 Å². The molecule has 7 nitrogen and oxygen atoms in total. The molecule has 0 radical (unpaired) electrons. The molecule has 3 heterocycles. The molecule has 0 atom stereocenters. The number of hydrogen-bond acceptors (Lipinski definition) is 6. The van der Waals surface area contributed by atoms with E-state index < -0.39 is 15.7 Å². The molecule has 3 aromatic rings. The first-order valence-electron chi connectivity index (χ1n) is 6.73. The Hall–Kier alpha value is -2.26. The topological polar surface area (TPSA) is 93.4 Å². The molecule has 3 rings (SSSR count). The second kappa shape index (κ2) is 5.74. The summed E-state index contributed by atoms with van der Waals surface area (Å²) in [5.41, 5.74) is 0.540. The summed E-state index contributed by atoms with van der Waals surface area (Å²) in [4.78, 5) is 21.5. The Bertz CT molecular complexity index is 989. The highest BCUT2D eigenvalue weighted by atomic mass is 32.2. The van der Waals surface area contributed by atoms with Crippen LogP contribution in [-0.2, 0) is 16.4 Å². The second-order valence-corrected chi connectivity index (χ2v) is 8.23. The number of nitrogens with one attached hydrogen (secondary N) is 1. The van der Waals surface area contributed by atoms with Crippen LogP contribution in [0.25, 0.3) is 5.52 Å². The fraction of sp³-hybridized carbons (Fsp3) is 0.214. The average molecular weight is 350 g/mol. The second-order valence-electron chi connectivity index (χ2n) is 5.00. The number of imidazole rings is 1. The van der Waals surface area contributed by atoms with Crippen molar-refractivity contribution in [3.8, 4) is 0 Å². The maximum Gasteiger partial charge on any atom is 0.272 e. The van der Waals surface area contributed by atoms with E-state index in [1.54, 1.807) is 30.6 Å². The van der Waals surface area contributed by atoms with Gasteiger partial charge >= 0.3 is 0 Å². The fourth-order valence-electron chi connectivity index (χ4n) is 2.18. The highest BCUT2D eigenvalue weighted by Gasteiger charge is 2.22. The summed E-state index contributed by atoms with van der Waals surface area (Å²) in [5, 5.41) is 3.52. The molecule has 9 heteroatoms. The van der Waals surface area contributed by atoms with Gasteiger partial charge in [-0.2, -0.15) is 0 Å². The molecule has 1 amide bonds. The molecule has 23 heavy (non-hydrogen) atoms. The molecule has 120 valence electrons. The number of fused-ring (bicyclic) bond motifs is 1. The number of sulfone groups is 1. The number of thiazole rings is 1. The van der Waals surface area contributed by atoms with E-state index in [2.05, 4.69) is 15.3 Å². The lowest BCUT2D eigenvalue weighted by molar-refractivity contribution is 0.0948. The summed E-state index contributed by atoms with van der Waals surface area (Å²) >= 11 is 1.49. The van der Waals surface area contributed by atoms with E-state index in [-0.39, 0.29) is 10.9 Å². The van der Waals surface area contributed by atoms with Crippen LogP contribution in [0.1, 0.15) is 20.4 Å². The minimum absolute atomic E-state index is 0.0901. The van der Waals surface area contributed by atoms with Crippen molar-refractivity contribution in [1.29, 1.82) is 0 Å². The van der Waals surface area contributed by atoms with E-state index >= 15 is 0 Å². The molecule has 0 aliphatic carbocycles. The van der Waals surface area contributed by atoms with Crippen LogP contribution in [0.2, 0.25) is 0 Å². The van der Waals surface area contributed by atoms with Crippen LogP contribution in [-0.4, -0.2) is 34.9 Å². The van der Waals surface area contributed by atoms with E-state index in [0.29, 0.717) is 12.1 Å². The highest BCUT2D eigenvalue weighted by Crippen LogP contribution is 2.17. The van der Waals surface area contributed by atoms with E-state index in [4.69, 9.17) is 0 Å². The minimum Gasteiger partial charge on any atom is -0.346 e. The molecular weight excluding hydrogens is 336 g/mol. The number of hydrogen-bond donors (Lipinski definition) is 1. The first-order valence-corrected chi connectivity index (χ1v) is 9.43. The average Bonchev–Trinajstić information content (AvgIpc) is 3.08. The Morgan fingerprint density at radius 2 is 2.17 bits per heavy atom. The Balaban J connectivity index is 1.94. The van der Waals surface area contributed by atoms with Crippen molar-refractivity contribution in [2.75, 3.05) is 6.26 Å². The lowest BCUT2D eigenvalue weighted by Gasteiger charge is -2.01. The molecule has 0 spiro atoms. The van der Waals surface area contributed by atoms with Crippen LogP contribution >= 0.6 is 11.3 Å². The largest absolute Gasteiger partial charge is 0.346 e. The zero-order valence-electron chi connectivity index (χ0n) is 12.5. The third-order valence-electron chi connectivity index (χ3n) is 3.16. The number of aromatic nitrogens is 3. The number of carbonyl (C=O) groups is 1. The molecule has 0 saturated carbocycles. The lowest BCUT2D eigenvalue weighted by Crippen LogP contribution is -2.23. The third kappa shape index (κ3) is 3.10. The van der Waals surface area contributed by atoms with E-state index in [0.717, 1.165) is 16.1 Å². The predicted octanol–water partition coefficient (Wildman–Crippen LogP) is 1.43. The lowest BCUT2D eigenvalue weighted by atomic mass is 10.3. The molecule has 0 aromatic carbocycles. The molecule has 0 aliphatic heterocycles. The normalized spacial score (nSPS) is 11.7. The van der Waals surface area contributed by atoms with E-state index in [1.165, 1.54) is 15.7 Å². The number of carbonyl (C=O) groups excluding carboxylic acids is 1. The van der Waals surface area contributed by atoms with Gasteiger partial charge in [0, 0.05) is 23.5 Å². The van der Waals surface area contributed by atoms with Gasteiger partial charge in [0.05, 0.1) is 17.1 Å². The van der Waals surface area contributed by atoms with Gasteiger partial charge in [-0.05, 0) is 19.1 Å². The molecule has 1 N–H and O–H groups in total. The van der Waals surface area contributed by atoms with Crippen LogP contribution < -0.4 is 5.32 Å². The number of nitrogens with zero attached hydrogens (tertiary/aromatic N) is 3. The molecule has 0 fully saturated rings. The van der Waals surface area contributed by atoms with Crippen molar-refractivity contribution in [3.63, 3.8) is 0 Å². The van der Waals surface area contributed by atoms with Crippen molar-refractivity contribution in [2.45, 2.75) is 18.6 Å². The zero-order valence-corrected chi connectivity index (χ0v) is 14.1. The van der Waals surface area contributed by atoms with Gasteiger partial charge in [-0.1, -0.05) is 6.07 Å². The van der Waals surface area contributed by atoms with Crippen molar-refractivity contribution in [2.24, 2.45) is 0 Å². The van der Waals surface area contributed by atoms with Gasteiger partial charge in [0.25, 0.3) is 5.91 Å². The smallest absolute Gasteiger partial charge is 0.272 e. The molecule has 0 bridgehead atoms. The molecule has 0 saturated heterocycles. The van der Waals surface area contributed by atoms with Gasteiger partial charge in [0.1, 0.15) is 0 Å². The minimum atomic E-state index is -3.54. The summed E-state index contributed by atoms with van der Waals surface area (Å²) < 4.78 is 25.1. The fourth-order valence-corrected chi connectivity index (χ4v) is 3.68. The Kier molecular flexibility index (Phi) is 3.90. The van der Waals surface area contributed by atoms with Gasteiger partial charge < -0.3 is 5.32 Å². The number of amides is 1. The standard InChI is InChI=1S/C14H14N4O3S2/c1-9-15-7-10(22-9)8-16-13(19)12-11-5-3-4-6-18(11)14(17-12)23(2,20)21/h3-7H,8H2,1-2H3,(H,16,19). The SMILES string of the molecule is Cc1ncc(CNC(=O)c2nc(S(C)(=O)=O)n3ccccc23)s1. The molecule has 3 aromatic heterocycles. The van der Waals surface area contributed by atoms with Crippen LogP contribution in [0.4, 0.5) is 0 Å². The van der Waals surface area contributed by atoms with Gasteiger partial charge in [-0.25, -0.2) is 18.4 Å². The zero-order chi connectivity index (χ0) is 16.6. The van der Waals surface area contributed by atoms with Gasteiger partial charge in [0.2, 0.25) is 15.0 Å². The first kappa shape index (κ1) is 15.6. The summed E-state index contributed by atoms with van der Waals surface area (Å²) in [6.45, 7) is 2.21. The van der Waals surface area contributed by atoms with E-state index in [9.17, 15) is 13.2 Å². The predicted molar refractivity (Wildman–Crippen MR) is 86.3 cm³/mol. The van der Waals surface area contributed by atoms with Crippen molar-refractivity contribution in [1.82, 2.24) is 19.7 Å². The first-order chi connectivity index (χ1) is 10.9. The maximum absolute atomic E-state index is 12.4. The maximum atomic E-state index is 12.4. The van der Waals surface area contributed by atoms with Crippen LogP contribution in [0.15, 0.2) is 35.7 Å². The Morgan fingerprint density at radius 3 is 2.83 bits per heavy atom. The van der Waals surface area contributed by atoms with Crippen LogP contribution in [0, 0.1) is 6.92 Å². The molecule has 0 aliphatic rings. The summed E-state index contributed by atoms with van der Waals surface area (Å²) in [5.74, 6) is -0.422. The summed E-state index contributed by atoms with van der Waals surface area (Å²) in [6.07, 6.45) is 4.34. The quantitative estimate of drug-likeness (QED) is 0.768. The number of rotatable bonds is 4. The van der Waals surface area contributed by atoms with E-state index in [1.807, 2.05) is 6.92 Å². The summed E-state index contributed by atoms with van der Waals surface area (Å²) in [7, 11) is -3.54. The Labute approximate surface area is 136 Å². The highest BCUT2D eigenvalue weighted by molar-refractivity contribution is 7.90. The monoisotopic (exact) mass is 350 g/mol. The van der Waals surface area contributed by atoms with Crippen molar-refractivity contribution >= 4 is 32.6 Å². The number of aryl methyl sites for hydroxylation is 1. The van der Waals surface area contributed by atoms with Gasteiger partial charge in [-0.15, -0.1) is 11.3 Å². The van der Waals surface area contributed by atoms with Crippen molar-refractivity contribution < 1.29 is 13.2 Å². The van der Waals surface area contributed by atoms with Crippen molar-refractivity contribution in [3.05, 3.63) is 46.2 Å². The third-order valence-corrected chi connectivity index (χ3v) is 5.02. The summed E-state index contributed by atoms with van der Waals surface area (Å²) in [6, 6.07) is 5.07.